The van der Waals surface area contributed by atoms with Gasteiger partial charge in [0.2, 0.25) is 0 Å². The molecule has 0 saturated heterocycles. The number of nitrogens with one attached hydrogen (secondary N) is 1. The van der Waals surface area contributed by atoms with Gasteiger partial charge in [0.25, 0.3) is 0 Å². The minimum atomic E-state index is -4.43. The molecule has 2 rings (SSSR count). The Morgan fingerprint density at radius 1 is 1.14 bits per heavy atom. The lowest BCUT2D eigenvalue weighted by Gasteiger charge is -2.15. The molecule has 22 heavy (non-hydrogen) atoms. The number of ether oxygens (including phenoxy) is 1. The van der Waals surface area contributed by atoms with E-state index < -0.39 is 24.4 Å². The molecule has 118 valence electrons. The lowest BCUT2D eigenvalue weighted by atomic mass is 10.0. The summed E-state index contributed by atoms with van der Waals surface area (Å²) in [5.74, 6) is -2.24. The molecule has 2 aromatic rings. The third-order valence-electron chi connectivity index (χ3n) is 2.83. The monoisotopic (exact) mass is 318 g/mol. The molecule has 0 aliphatic carbocycles. The first-order valence-electron chi connectivity index (χ1n) is 6.10. The number of hydrogen-bond acceptors (Lipinski definition) is 3. The number of aromatic nitrogens is 1. The second-order valence-electron chi connectivity index (χ2n) is 4.36. The van der Waals surface area contributed by atoms with E-state index in [0.717, 1.165) is 12.1 Å². The number of hydrogen-bond donors (Lipinski definition) is 1. The first-order chi connectivity index (χ1) is 10.3. The van der Waals surface area contributed by atoms with Gasteiger partial charge in [-0.3, -0.25) is 4.98 Å². The summed E-state index contributed by atoms with van der Waals surface area (Å²) in [6.07, 6.45) is -1.93. The van der Waals surface area contributed by atoms with E-state index in [2.05, 4.69) is 10.3 Å². The van der Waals surface area contributed by atoms with Crippen molar-refractivity contribution in [3.63, 3.8) is 0 Å². The summed E-state index contributed by atoms with van der Waals surface area (Å²) in [4.78, 5) is 3.73. The summed E-state index contributed by atoms with van der Waals surface area (Å²) in [6, 6.07) is 3.08. The highest BCUT2D eigenvalue weighted by atomic mass is 19.4. The smallest absolute Gasteiger partial charge is 0.405 e. The first kappa shape index (κ1) is 16.0. The van der Waals surface area contributed by atoms with Crippen LogP contribution in [0.5, 0.6) is 5.75 Å². The Morgan fingerprint density at radius 3 is 2.45 bits per heavy atom. The first-order valence-corrected chi connectivity index (χ1v) is 6.10. The van der Waals surface area contributed by atoms with E-state index in [4.69, 9.17) is 4.74 Å². The number of methoxy groups -OCH3 is 1. The van der Waals surface area contributed by atoms with E-state index in [-0.39, 0.29) is 22.6 Å². The highest BCUT2D eigenvalue weighted by Gasteiger charge is 2.27. The third kappa shape index (κ3) is 3.63. The molecule has 0 spiro atoms. The zero-order valence-electron chi connectivity index (χ0n) is 11.3. The Balaban J connectivity index is 2.47. The van der Waals surface area contributed by atoms with Gasteiger partial charge in [-0.05, 0) is 12.1 Å². The Bertz CT molecular complexity index is 673. The van der Waals surface area contributed by atoms with Gasteiger partial charge in [0.05, 0.1) is 19.0 Å². The molecule has 0 fully saturated rings. The largest absolute Gasteiger partial charge is 0.496 e. The van der Waals surface area contributed by atoms with Gasteiger partial charge in [-0.25, -0.2) is 8.78 Å². The van der Waals surface area contributed by atoms with Gasteiger partial charge in [0.15, 0.2) is 11.6 Å². The SMILES string of the molecule is COc1cc(F)c(F)cc1-c1ccncc1NCC(F)(F)F. The summed E-state index contributed by atoms with van der Waals surface area (Å²) < 4.78 is 68.6. The van der Waals surface area contributed by atoms with Gasteiger partial charge < -0.3 is 10.1 Å². The lowest BCUT2D eigenvalue weighted by Crippen LogP contribution is -2.21. The van der Waals surface area contributed by atoms with Crippen LogP contribution in [0.25, 0.3) is 11.1 Å². The van der Waals surface area contributed by atoms with Gasteiger partial charge in [-0.15, -0.1) is 0 Å². The van der Waals surface area contributed by atoms with Crippen molar-refractivity contribution in [3.05, 3.63) is 42.2 Å². The molecular weight excluding hydrogens is 307 g/mol. The van der Waals surface area contributed by atoms with Gasteiger partial charge in [-0.1, -0.05) is 0 Å². The van der Waals surface area contributed by atoms with Crippen LogP contribution in [0.2, 0.25) is 0 Å². The highest BCUT2D eigenvalue weighted by molar-refractivity contribution is 5.81. The van der Waals surface area contributed by atoms with Crippen molar-refractivity contribution in [1.29, 1.82) is 0 Å². The fourth-order valence-electron chi connectivity index (χ4n) is 1.87. The second kappa shape index (κ2) is 6.17. The zero-order chi connectivity index (χ0) is 16.3. The van der Waals surface area contributed by atoms with E-state index >= 15 is 0 Å². The molecule has 1 N–H and O–H groups in total. The summed E-state index contributed by atoms with van der Waals surface area (Å²) in [5.41, 5.74) is 0.368. The van der Waals surface area contributed by atoms with Gasteiger partial charge in [-0.2, -0.15) is 13.2 Å². The molecule has 0 atom stereocenters. The molecule has 1 aromatic carbocycles. The van der Waals surface area contributed by atoms with Crippen molar-refractivity contribution in [2.24, 2.45) is 0 Å². The molecule has 1 heterocycles. The van der Waals surface area contributed by atoms with Crippen LogP contribution in [0, 0.1) is 11.6 Å². The number of halogens is 5. The van der Waals surface area contributed by atoms with Crippen LogP contribution >= 0.6 is 0 Å². The average molecular weight is 318 g/mol. The predicted molar refractivity (Wildman–Crippen MR) is 70.7 cm³/mol. The molecule has 0 saturated carbocycles. The molecular formula is C14H11F5N2O. The molecule has 0 unspecified atom stereocenters. The van der Waals surface area contributed by atoms with Crippen LogP contribution in [0.15, 0.2) is 30.6 Å². The van der Waals surface area contributed by atoms with E-state index in [9.17, 15) is 22.0 Å². The van der Waals surface area contributed by atoms with Crippen LogP contribution < -0.4 is 10.1 Å². The van der Waals surface area contributed by atoms with Crippen molar-refractivity contribution in [2.75, 3.05) is 19.0 Å². The van der Waals surface area contributed by atoms with Crippen LogP contribution in [0.3, 0.4) is 0 Å². The quantitative estimate of drug-likeness (QED) is 0.865. The van der Waals surface area contributed by atoms with Gasteiger partial charge in [0.1, 0.15) is 12.3 Å². The summed E-state index contributed by atoms with van der Waals surface area (Å²) in [6.45, 7) is -1.28. The Hall–Kier alpha value is -2.38. The minimum Gasteiger partial charge on any atom is -0.496 e. The third-order valence-corrected chi connectivity index (χ3v) is 2.83. The van der Waals surface area contributed by atoms with Crippen molar-refractivity contribution < 1.29 is 26.7 Å². The maximum absolute atomic E-state index is 13.4. The number of nitrogens with zero attached hydrogens (tertiary/aromatic N) is 1. The van der Waals surface area contributed by atoms with Crippen molar-refractivity contribution >= 4 is 5.69 Å². The van der Waals surface area contributed by atoms with Crippen LogP contribution in [0.4, 0.5) is 27.6 Å². The molecule has 0 aliphatic heterocycles. The predicted octanol–water partition coefficient (Wildman–Crippen LogP) is 4.01. The van der Waals surface area contributed by atoms with Crippen molar-refractivity contribution in [2.45, 2.75) is 6.18 Å². The van der Waals surface area contributed by atoms with Crippen molar-refractivity contribution in [1.82, 2.24) is 4.98 Å². The van der Waals surface area contributed by atoms with E-state index in [1.54, 1.807) is 0 Å². The number of anilines is 1. The number of alkyl halides is 3. The number of pyridine rings is 1. The molecule has 0 aliphatic rings. The highest BCUT2D eigenvalue weighted by Crippen LogP contribution is 2.36. The van der Waals surface area contributed by atoms with E-state index in [0.29, 0.717) is 0 Å². The Morgan fingerprint density at radius 2 is 1.82 bits per heavy atom. The topological polar surface area (TPSA) is 34.1 Å². The minimum absolute atomic E-state index is 0.000147. The summed E-state index contributed by atoms with van der Waals surface area (Å²) in [7, 11) is 1.25. The Labute approximate surface area is 122 Å². The summed E-state index contributed by atoms with van der Waals surface area (Å²) in [5, 5.41) is 2.18. The zero-order valence-corrected chi connectivity index (χ0v) is 11.3. The van der Waals surface area contributed by atoms with E-state index in [1.807, 2.05) is 0 Å². The van der Waals surface area contributed by atoms with E-state index in [1.165, 1.54) is 25.6 Å². The van der Waals surface area contributed by atoms with Gasteiger partial charge in [0, 0.05) is 23.4 Å². The molecule has 1 aromatic heterocycles. The van der Waals surface area contributed by atoms with Crippen LogP contribution in [0.1, 0.15) is 0 Å². The number of rotatable bonds is 4. The van der Waals surface area contributed by atoms with Crippen LogP contribution in [-0.4, -0.2) is 24.8 Å². The average Bonchev–Trinajstić information content (AvgIpc) is 2.47. The number of benzene rings is 1. The Kier molecular flexibility index (Phi) is 4.48. The fraction of sp³-hybridized carbons (Fsp3) is 0.214. The van der Waals surface area contributed by atoms with Gasteiger partial charge >= 0.3 is 6.18 Å². The van der Waals surface area contributed by atoms with Crippen LogP contribution in [-0.2, 0) is 0 Å². The summed E-state index contributed by atoms with van der Waals surface area (Å²) >= 11 is 0. The van der Waals surface area contributed by atoms with Crippen molar-refractivity contribution in [3.8, 4) is 16.9 Å². The standard InChI is InChI=1S/C14H11F5N2O/c1-22-13-5-11(16)10(15)4-9(13)8-2-3-20-6-12(8)21-7-14(17,18)19/h2-6,21H,7H2,1H3. The second-order valence-corrected chi connectivity index (χ2v) is 4.36. The molecule has 3 nitrogen and oxygen atoms in total. The molecule has 8 heteroatoms. The maximum atomic E-state index is 13.4. The molecule has 0 bridgehead atoms. The molecule has 0 radical (unpaired) electrons. The lowest BCUT2D eigenvalue weighted by molar-refractivity contribution is -0.115. The fourth-order valence-corrected chi connectivity index (χ4v) is 1.87. The normalized spacial score (nSPS) is 11.4. The maximum Gasteiger partial charge on any atom is 0.405 e. The molecule has 0 amide bonds.